The zero-order chi connectivity index (χ0) is 12.3. The second kappa shape index (κ2) is 5.18. The summed E-state index contributed by atoms with van der Waals surface area (Å²) in [5.41, 5.74) is 5.28. The maximum Gasteiger partial charge on any atom is 0.277 e. The number of nitrogens with one attached hydrogen (secondary N) is 1. The highest BCUT2D eigenvalue weighted by Gasteiger charge is 2.20. The zero-order valence-electron chi connectivity index (χ0n) is 9.98. The van der Waals surface area contributed by atoms with E-state index in [0.717, 1.165) is 13.0 Å². The van der Waals surface area contributed by atoms with Gasteiger partial charge in [0, 0.05) is 6.04 Å². The van der Waals surface area contributed by atoms with Crippen LogP contribution in [-0.2, 0) is 0 Å². The Labute approximate surface area is 99.8 Å². The van der Waals surface area contributed by atoms with E-state index >= 15 is 0 Å². The highest BCUT2D eigenvalue weighted by atomic mass is 16.5. The number of rotatable bonds is 3. The van der Waals surface area contributed by atoms with Crippen molar-refractivity contribution in [2.45, 2.75) is 25.3 Å². The highest BCUT2D eigenvalue weighted by Crippen LogP contribution is 2.17. The number of hydrogen-bond donors (Lipinski definition) is 2. The molecule has 6 heteroatoms. The first-order chi connectivity index (χ1) is 8.18. The number of anilines is 1. The largest absolute Gasteiger partial charge is 0.474 e. The third kappa shape index (κ3) is 2.76. The molecule has 0 spiro atoms. The molecule has 0 radical (unpaired) electrons. The van der Waals surface area contributed by atoms with Gasteiger partial charge in [0.15, 0.2) is 5.69 Å². The van der Waals surface area contributed by atoms with Crippen LogP contribution in [0.3, 0.4) is 0 Å². The summed E-state index contributed by atoms with van der Waals surface area (Å²) in [6.45, 7) is 1.61. The molecule has 17 heavy (non-hydrogen) atoms. The standard InChI is InChI=1S/C11H18N4O2/c1-15-5-3-2-4-8(15)6-17-11-9(12)10(16)13-7-14-11/h7-8H,2-6,12H2,1H3,(H,13,14,16). The van der Waals surface area contributed by atoms with Gasteiger partial charge in [0.05, 0.1) is 6.33 Å². The Balaban J connectivity index is 1.97. The number of H-pyrrole nitrogens is 1. The van der Waals surface area contributed by atoms with Crippen LogP contribution in [0.2, 0.25) is 0 Å². The minimum atomic E-state index is -0.355. The molecule has 2 rings (SSSR count). The number of likely N-dealkylation sites (tertiary alicyclic amines) is 1. The van der Waals surface area contributed by atoms with E-state index in [-0.39, 0.29) is 17.1 Å². The molecule has 0 saturated carbocycles. The second-order valence-electron chi connectivity index (χ2n) is 4.39. The molecule has 0 amide bonds. The molecule has 1 aromatic rings. The summed E-state index contributed by atoms with van der Waals surface area (Å²) in [5, 5.41) is 0. The lowest BCUT2D eigenvalue weighted by atomic mass is 10.0. The molecule has 1 aliphatic heterocycles. The molecule has 0 bridgehead atoms. The highest BCUT2D eigenvalue weighted by molar-refractivity contribution is 5.44. The van der Waals surface area contributed by atoms with Gasteiger partial charge in [-0.25, -0.2) is 4.98 Å². The van der Waals surface area contributed by atoms with Crippen molar-refractivity contribution in [3.8, 4) is 5.88 Å². The second-order valence-corrected chi connectivity index (χ2v) is 4.39. The first kappa shape index (κ1) is 11.9. The molecule has 1 aromatic heterocycles. The topological polar surface area (TPSA) is 84.2 Å². The van der Waals surface area contributed by atoms with Crippen molar-refractivity contribution in [2.24, 2.45) is 0 Å². The van der Waals surface area contributed by atoms with Gasteiger partial charge in [0.2, 0.25) is 5.88 Å². The van der Waals surface area contributed by atoms with E-state index in [9.17, 15) is 4.79 Å². The monoisotopic (exact) mass is 238 g/mol. The van der Waals surface area contributed by atoms with Gasteiger partial charge in [-0.1, -0.05) is 6.42 Å². The third-order valence-corrected chi connectivity index (χ3v) is 3.19. The van der Waals surface area contributed by atoms with Crippen LogP contribution in [0.5, 0.6) is 5.88 Å². The summed E-state index contributed by atoms with van der Waals surface area (Å²) in [6, 6.07) is 0.379. The first-order valence-corrected chi connectivity index (χ1v) is 5.84. The molecular weight excluding hydrogens is 220 g/mol. The summed E-state index contributed by atoms with van der Waals surface area (Å²) in [5.74, 6) is 0.229. The number of hydrogen-bond acceptors (Lipinski definition) is 5. The summed E-state index contributed by atoms with van der Waals surface area (Å²) >= 11 is 0. The van der Waals surface area contributed by atoms with Crippen LogP contribution < -0.4 is 16.0 Å². The van der Waals surface area contributed by atoms with Gasteiger partial charge in [-0.2, -0.15) is 0 Å². The van der Waals surface area contributed by atoms with Gasteiger partial charge in [0.1, 0.15) is 6.61 Å². The van der Waals surface area contributed by atoms with E-state index in [1.807, 2.05) is 0 Å². The van der Waals surface area contributed by atoms with E-state index in [1.165, 1.54) is 19.2 Å². The van der Waals surface area contributed by atoms with Crippen LogP contribution in [-0.4, -0.2) is 41.1 Å². The number of nitrogens with two attached hydrogens (primary N) is 1. The van der Waals surface area contributed by atoms with E-state index in [0.29, 0.717) is 12.6 Å². The SMILES string of the molecule is CN1CCCCC1COc1nc[nH]c(=O)c1N. The number of aromatic amines is 1. The summed E-state index contributed by atoms with van der Waals surface area (Å²) < 4.78 is 5.53. The van der Waals surface area contributed by atoms with Crippen molar-refractivity contribution in [3.05, 3.63) is 16.7 Å². The average Bonchev–Trinajstić information content (AvgIpc) is 2.33. The number of nitrogens with zero attached hydrogens (tertiary/aromatic N) is 2. The Morgan fingerprint density at radius 2 is 2.47 bits per heavy atom. The number of nitrogen functional groups attached to an aromatic ring is 1. The third-order valence-electron chi connectivity index (χ3n) is 3.19. The predicted octanol–water partition coefficient (Wildman–Crippen LogP) is 0.215. The molecule has 0 aromatic carbocycles. The van der Waals surface area contributed by atoms with Gasteiger partial charge in [-0.3, -0.25) is 4.79 Å². The molecule has 0 aliphatic carbocycles. The summed E-state index contributed by atoms with van der Waals surface area (Å²) in [7, 11) is 2.09. The number of piperidine rings is 1. The first-order valence-electron chi connectivity index (χ1n) is 5.84. The van der Waals surface area contributed by atoms with Gasteiger partial charge in [-0.05, 0) is 26.4 Å². The van der Waals surface area contributed by atoms with Gasteiger partial charge >= 0.3 is 0 Å². The van der Waals surface area contributed by atoms with E-state index in [4.69, 9.17) is 10.5 Å². The minimum Gasteiger partial charge on any atom is -0.474 e. The molecule has 1 unspecified atom stereocenters. The fourth-order valence-corrected chi connectivity index (χ4v) is 2.04. The lowest BCUT2D eigenvalue weighted by molar-refractivity contribution is 0.123. The van der Waals surface area contributed by atoms with Crippen LogP contribution in [0.1, 0.15) is 19.3 Å². The van der Waals surface area contributed by atoms with Gasteiger partial charge in [0.25, 0.3) is 5.56 Å². The van der Waals surface area contributed by atoms with Crippen molar-refractivity contribution in [1.29, 1.82) is 0 Å². The molecule has 1 aliphatic rings. The predicted molar refractivity (Wildman–Crippen MR) is 65.0 cm³/mol. The normalized spacial score (nSPS) is 21.4. The van der Waals surface area contributed by atoms with Crippen LogP contribution in [0.4, 0.5) is 5.69 Å². The molecule has 2 heterocycles. The zero-order valence-corrected chi connectivity index (χ0v) is 9.98. The molecule has 1 fully saturated rings. The maximum atomic E-state index is 11.2. The molecule has 1 saturated heterocycles. The van der Waals surface area contributed by atoms with Crippen molar-refractivity contribution in [3.63, 3.8) is 0 Å². The number of likely N-dealkylation sites (N-methyl/N-ethyl adjacent to an activating group) is 1. The maximum absolute atomic E-state index is 11.2. The van der Waals surface area contributed by atoms with Crippen LogP contribution >= 0.6 is 0 Å². The lowest BCUT2D eigenvalue weighted by Crippen LogP contribution is -2.40. The summed E-state index contributed by atoms with van der Waals surface area (Å²) in [4.78, 5) is 19.8. The Morgan fingerprint density at radius 1 is 1.65 bits per heavy atom. The fourth-order valence-electron chi connectivity index (χ4n) is 2.04. The van der Waals surface area contributed by atoms with Crippen LogP contribution in [0.25, 0.3) is 0 Å². The number of ether oxygens (including phenoxy) is 1. The Kier molecular flexibility index (Phi) is 3.63. The van der Waals surface area contributed by atoms with E-state index < -0.39 is 0 Å². The minimum absolute atomic E-state index is 0.0472. The Morgan fingerprint density at radius 3 is 3.24 bits per heavy atom. The van der Waals surface area contributed by atoms with Crippen molar-refractivity contribution in [2.75, 3.05) is 25.9 Å². The fraction of sp³-hybridized carbons (Fsp3) is 0.636. The van der Waals surface area contributed by atoms with Gasteiger partial charge in [-0.15, -0.1) is 0 Å². The van der Waals surface area contributed by atoms with Crippen LogP contribution in [0, 0.1) is 0 Å². The summed E-state index contributed by atoms with van der Waals surface area (Å²) in [6.07, 6.45) is 4.87. The van der Waals surface area contributed by atoms with Crippen molar-refractivity contribution in [1.82, 2.24) is 14.9 Å². The smallest absolute Gasteiger partial charge is 0.277 e. The molecular formula is C11H18N4O2. The van der Waals surface area contributed by atoms with Gasteiger partial charge < -0.3 is 20.4 Å². The van der Waals surface area contributed by atoms with Crippen molar-refractivity contribution >= 4 is 5.69 Å². The van der Waals surface area contributed by atoms with E-state index in [2.05, 4.69) is 21.9 Å². The molecule has 94 valence electrons. The van der Waals surface area contributed by atoms with Crippen molar-refractivity contribution < 1.29 is 4.74 Å². The van der Waals surface area contributed by atoms with Crippen LogP contribution in [0.15, 0.2) is 11.1 Å². The average molecular weight is 238 g/mol. The van der Waals surface area contributed by atoms with E-state index in [1.54, 1.807) is 0 Å². The quantitative estimate of drug-likeness (QED) is 0.786. The Bertz CT molecular complexity index is 432. The lowest BCUT2D eigenvalue weighted by Gasteiger charge is -2.31. The molecule has 3 N–H and O–H groups in total. The molecule has 1 atom stereocenters. The number of aromatic nitrogens is 2. The Hall–Kier alpha value is -1.56. The molecule has 6 nitrogen and oxygen atoms in total.